The first-order chi connectivity index (χ1) is 9.76. The molecule has 106 valence electrons. The molecule has 1 aliphatic rings. The molecule has 1 aliphatic heterocycles. The van der Waals surface area contributed by atoms with Gasteiger partial charge in [-0.05, 0) is 13.0 Å². The molecule has 0 amide bonds. The summed E-state index contributed by atoms with van der Waals surface area (Å²) < 4.78 is 5.85. The monoisotopic (exact) mass is 290 g/mol. The highest BCUT2D eigenvalue weighted by atomic mass is 32.1. The van der Waals surface area contributed by atoms with Crippen LogP contribution in [0.5, 0.6) is 0 Å². The number of morpholine rings is 1. The molecule has 0 spiro atoms. The maximum Gasteiger partial charge on any atom is 0.132 e. The maximum absolute atomic E-state index is 5.85. The third-order valence-corrected chi connectivity index (χ3v) is 4.36. The van der Waals surface area contributed by atoms with Crippen molar-refractivity contribution < 1.29 is 4.74 Å². The third-order valence-electron chi connectivity index (χ3n) is 3.31. The molecule has 0 aliphatic carbocycles. The smallest absolute Gasteiger partial charge is 0.132 e. The molecule has 5 nitrogen and oxygen atoms in total. The van der Waals surface area contributed by atoms with Gasteiger partial charge in [0.25, 0.3) is 0 Å². The quantitative estimate of drug-likeness (QED) is 0.868. The van der Waals surface area contributed by atoms with E-state index < -0.39 is 0 Å². The number of thiazole rings is 1. The van der Waals surface area contributed by atoms with Crippen LogP contribution < -0.4 is 4.90 Å². The van der Waals surface area contributed by atoms with Crippen molar-refractivity contribution >= 4 is 17.2 Å². The fraction of sp³-hybridized carbons (Fsp3) is 0.500. The van der Waals surface area contributed by atoms with Gasteiger partial charge in [-0.1, -0.05) is 6.92 Å². The van der Waals surface area contributed by atoms with E-state index in [1.54, 1.807) is 11.3 Å². The Morgan fingerprint density at radius 3 is 3.10 bits per heavy atom. The number of nitrogens with zero attached hydrogens (tertiary/aromatic N) is 4. The summed E-state index contributed by atoms with van der Waals surface area (Å²) in [6.45, 7) is 6.45. The van der Waals surface area contributed by atoms with E-state index in [0.717, 1.165) is 41.9 Å². The number of anilines is 1. The topological polar surface area (TPSA) is 51.1 Å². The molecule has 0 radical (unpaired) electrons. The largest absolute Gasteiger partial charge is 0.367 e. The van der Waals surface area contributed by atoms with Gasteiger partial charge >= 0.3 is 0 Å². The van der Waals surface area contributed by atoms with Crippen molar-refractivity contribution in [2.75, 3.05) is 24.6 Å². The van der Waals surface area contributed by atoms with Gasteiger partial charge in [-0.25, -0.2) is 15.0 Å². The number of aromatic nitrogens is 3. The van der Waals surface area contributed by atoms with E-state index >= 15 is 0 Å². The van der Waals surface area contributed by atoms with Crippen LogP contribution in [0.1, 0.15) is 29.6 Å². The predicted molar refractivity (Wildman–Crippen MR) is 79.2 cm³/mol. The van der Waals surface area contributed by atoms with Crippen molar-refractivity contribution in [1.29, 1.82) is 0 Å². The molecular formula is C14H18N4OS. The minimum atomic E-state index is 0.0440. The second kappa shape index (κ2) is 5.85. The van der Waals surface area contributed by atoms with Crippen LogP contribution in [-0.2, 0) is 11.2 Å². The van der Waals surface area contributed by atoms with Crippen LogP contribution >= 0.6 is 11.3 Å². The highest BCUT2D eigenvalue weighted by molar-refractivity contribution is 7.09. The third kappa shape index (κ3) is 2.81. The zero-order valence-electron chi connectivity index (χ0n) is 11.7. The average Bonchev–Trinajstić information content (AvgIpc) is 2.94. The summed E-state index contributed by atoms with van der Waals surface area (Å²) in [6.07, 6.45) is 2.73. The summed E-state index contributed by atoms with van der Waals surface area (Å²) >= 11 is 1.67. The van der Waals surface area contributed by atoms with Crippen molar-refractivity contribution in [3.05, 3.63) is 34.2 Å². The minimum absolute atomic E-state index is 0.0440. The van der Waals surface area contributed by atoms with Crippen LogP contribution in [0.4, 0.5) is 5.82 Å². The van der Waals surface area contributed by atoms with Gasteiger partial charge < -0.3 is 9.64 Å². The van der Waals surface area contributed by atoms with E-state index in [-0.39, 0.29) is 6.10 Å². The van der Waals surface area contributed by atoms with Gasteiger partial charge in [-0.3, -0.25) is 0 Å². The van der Waals surface area contributed by atoms with Gasteiger partial charge in [0.05, 0.1) is 13.2 Å². The Morgan fingerprint density at radius 1 is 1.45 bits per heavy atom. The molecule has 1 saturated heterocycles. The average molecular weight is 290 g/mol. The molecule has 1 unspecified atom stereocenters. The molecule has 6 heteroatoms. The summed E-state index contributed by atoms with van der Waals surface area (Å²) in [5, 5.41) is 3.12. The van der Waals surface area contributed by atoms with Crippen molar-refractivity contribution in [3.63, 3.8) is 0 Å². The number of ether oxygens (including phenoxy) is 1. The van der Waals surface area contributed by atoms with Gasteiger partial charge in [0.2, 0.25) is 0 Å². The SMILES string of the molecule is CCc1nccc(N2CCOC(c3nc(C)cs3)C2)n1. The lowest BCUT2D eigenvalue weighted by molar-refractivity contribution is 0.0393. The van der Waals surface area contributed by atoms with Crippen molar-refractivity contribution in [2.45, 2.75) is 26.4 Å². The van der Waals surface area contributed by atoms with Gasteiger partial charge in [0.1, 0.15) is 22.8 Å². The minimum Gasteiger partial charge on any atom is -0.367 e. The fourth-order valence-electron chi connectivity index (χ4n) is 2.26. The lowest BCUT2D eigenvalue weighted by Crippen LogP contribution is -2.39. The molecule has 1 fully saturated rings. The van der Waals surface area contributed by atoms with Gasteiger partial charge in [-0.2, -0.15) is 0 Å². The molecule has 0 N–H and O–H groups in total. The van der Waals surface area contributed by atoms with E-state index in [9.17, 15) is 0 Å². The Bertz CT molecular complexity index is 586. The summed E-state index contributed by atoms with van der Waals surface area (Å²) in [6, 6.07) is 1.97. The molecule has 0 aromatic carbocycles. The molecule has 20 heavy (non-hydrogen) atoms. The van der Waals surface area contributed by atoms with Crippen LogP contribution in [0.15, 0.2) is 17.6 Å². The van der Waals surface area contributed by atoms with Crippen molar-refractivity contribution in [2.24, 2.45) is 0 Å². The normalized spacial score (nSPS) is 19.3. The predicted octanol–water partition coefficient (Wildman–Crippen LogP) is 2.38. The van der Waals surface area contributed by atoms with Crippen molar-refractivity contribution in [1.82, 2.24) is 15.0 Å². The number of rotatable bonds is 3. The van der Waals surface area contributed by atoms with E-state index in [2.05, 4.69) is 32.2 Å². The number of hydrogen-bond donors (Lipinski definition) is 0. The molecule has 1 atom stereocenters. The summed E-state index contributed by atoms with van der Waals surface area (Å²) in [7, 11) is 0. The second-order valence-electron chi connectivity index (χ2n) is 4.82. The van der Waals surface area contributed by atoms with E-state index in [0.29, 0.717) is 6.61 Å². The Hall–Kier alpha value is -1.53. The maximum atomic E-state index is 5.85. The van der Waals surface area contributed by atoms with Crippen LogP contribution in [0, 0.1) is 6.92 Å². The summed E-state index contributed by atoms with van der Waals surface area (Å²) in [5.74, 6) is 1.87. The van der Waals surface area contributed by atoms with E-state index in [1.807, 2.05) is 19.2 Å². The lowest BCUT2D eigenvalue weighted by Gasteiger charge is -2.32. The molecule has 0 bridgehead atoms. The molecule has 2 aromatic heterocycles. The standard InChI is InChI=1S/C14H18N4OS/c1-3-12-15-5-4-13(17-12)18-6-7-19-11(8-18)14-16-10(2)9-20-14/h4-5,9,11H,3,6-8H2,1-2H3. The van der Waals surface area contributed by atoms with E-state index in [4.69, 9.17) is 4.74 Å². The van der Waals surface area contributed by atoms with Crippen LogP contribution in [-0.4, -0.2) is 34.6 Å². The summed E-state index contributed by atoms with van der Waals surface area (Å²) in [4.78, 5) is 15.6. The molecular weight excluding hydrogens is 272 g/mol. The Morgan fingerprint density at radius 2 is 2.35 bits per heavy atom. The van der Waals surface area contributed by atoms with Crippen LogP contribution in [0.3, 0.4) is 0 Å². The zero-order chi connectivity index (χ0) is 13.9. The summed E-state index contributed by atoms with van der Waals surface area (Å²) in [5.41, 5.74) is 1.06. The first-order valence-corrected chi connectivity index (χ1v) is 7.74. The Kier molecular flexibility index (Phi) is 3.93. The van der Waals surface area contributed by atoms with Crippen LogP contribution in [0.25, 0.3) is 0 Å². The Labute approximate surface area is 122 Å². The van der Waals surface area contributed by atoms with E-state index in [1.165, 1.54) is 0 Å². The first kappa shape index (κ1) is 13.5. The molecule has 3 heterocycles. The van der Waals surface area contributed by atoms with Gasteiger partial charge in [-0.15, -0.1) is 11.3 Å². The molecule has 3 rings (SSSR count). The first-order valence-electron chi connectivity index (χ1n) is 6.86. The number of aryl methyl sites for hydroxylation is 2. The highest BCUT2D eigenvalue weighted by Gasteiger charge is 2.25. The number of hydrogen-bond acceptors (Lipinski definition) is 6. The lowest BCUT2D eigenvalue weighted by atomic mass is 10.2. The van der Waals surface area contributed by atoms with Gasteiger partial charge in [0.15, 0.2) is 0 Å². The molecule has 0 saturated carbocycles. The van der Waals surface area contributed by atoms with Crippen molar-refractivity contribution in [3.8, 4) is 0 Å². The highest BCUT2D eigenvalue weighted by Crippen LogP contribution is 2.27. The second-order valence-corrected chi connectivity index (χ2v) is 5.71. The fourth-order valence-corrected chi connectivity index (χ4v) is 3.10. The van der Waals surface area contributed by atoms with Crippen LogP contribution in [0.2, 0.25) is 0 Å². The zero-order valence-corrected chi connectivity index (χ0v) is 12.6. The molecule has 2 aromatic rings. The Balaban J connectivity index is 1.77. The van der Waals surface area contributed by atoms with Gasteiger partial charge in [0, 0.05) is 30.2 Å².